The van der Waals surface area contributed by atoms with Crippen molar-refractivity contribution in [3.05, 3.63) is 0 Å². The summed E-state index contributed by atoms with van der Waals surface area (Å²) < 4.78 is 0. The van der Waals surface area contributed by atoms with Crippen LogP contribution >= 0.6 is 0 Å². The van der Waals surface area contributed by atoms with Crippen molar-refractivity contribution < 1.29 is 94.4 Å². The molecule has 0 heterocycles. The van der Waals surface area contributed by atoms with Crippen LogP contribution in [0.25, 0.3) is 0 Å². The molecule has 4 amide bonds. The number of primary amides is 4. The molecule has 0 rings (SSSR count). The molecule has 0 bridgehead atoms. The van der Waals surface area contributed by atoms with E-state index in [2.05, 4.69) is 0 Å². The van der Waals surface area contributed by atoms with Crippen molar-refractivity contribution in [3.63, 3.8) is 0 Å². The molecule has 0 atom stereocenters. The molecule has 14 N–H and O–H groups in total. The molecule has 152 valence electrons. The maximum Gasteiger partial charge on any atom is 2.00 e. The van der Waals surface area contributed by atoms with Gasteiger partial charge >= 0.3 is 69.7 Å². The number of rotatable bonds is 8. The van der Waals surface area contributed by atoms with Crippen molar-refractivity contribution in [3.8, 4) is 0 Å². The fraction of sp³-hybridized carbons (Fsp3) is 0.500. The third-order valence-electron chi connectivity index (χ3n) is 2.86. The number of quaternary nitrogens is 4. The maximum absolute atomic E-state index is 10.8. The Labute approximate surface area is 169 Å². The van der Waals surface area contributed by atoms with E-state index in [-0.39, 0.29) is 59.0 Å². The van der Waals surface area contributed by atoms with E-state index >= 15 is 0 Å². The fourth-order valence-electron chi connectivity index (χ4n) is 1.57. The number of hydrogen-bond acceptors (Lipinski definition) is 4. The van der Waals surface area contributed by atoms with E-state index in [0.29, 0.717) is 25.9 Å². The molecular weight excluding hydrogens is 455 g/mol. The van der Waals surface area contributed by atoms with E-state index in [1.165, 1.54) is 10.6 Å². The van der Waals surface area contributed by atoms with Crippen LogP contribution in [0.4, 0.5) is 0 Å². The summed E-state index contributed by atoms with van der Waals surface area (Å²) >= 11 is 0. The molecule has 0 aromatic carbocycles. The first-order chi connectivity index (χ1) is 11.3. The van der Waals surface area contributed by atoms with Crippen molar-refractivity contribution in [2.24, 2.45) is 0 Å². The molecule has 26 heavy (non-hydrogen) atoms. The molecule has 12 nitrogen and oxygen atoms in total. The van der Waals surface area contributed by atoms with Gasteiger partial charge in [-0.2, -0.15) is 0 Å². The van der Waals surface area contributed by atoms with Crippen LogP contribution < -0.4 is 21.3 Å². The van der Waals surface area contributed by atoms with Gasteiger partial charge in [0.2, 0.25) is 0 Å². The molecule has 0 saturated heterocycles. The van der Waals surface area contributed by atoms with Gasteiger partial charge in [-0.1, -0.05) is 0 Å². The molecule has 0 aromatic rings. The summed E-state index contributed by atoms with van der Waals surface area (Å²) in [5, 5.41) is 18.1. The first-order valence-electron chi connectivity index (χ1n) is 7.30. The van der Waals surface area contributed by atoms with Gasteiger partial charge in [0.15, 0.2) is 0 Å². The van der Waals surface area contributed by atoms with E-state index in [9.17, 15) is 28.8 Å². The van der Waals surface area contributed by atoms with Gasteiger partial charge in [-0.25, -0.2) is 29.8 Å². The molecule has 0 fully saturated rings. The summed E-state index contributed by atoms with van der Waals surface area (Å²) in [4.78, 5) is 61.6. The van der Waals surface area contributed by atoms with E-state index < -0.39 is 23.8 Å². The Balaban J connectivity index is -0.00000264. The Morgan fingerprint density at radius 3 is 1.15 bits per heavy atom. The van der Waals surface area contributed by atoms with Gasteiger partial charge in [-0.15, -0.1) is 0 Å². The third-order valence-corrected chi connectivity index (χ3v) is 2.86. The number of carbonyl (C=O) groups is 4. The summed E-state index contributed by atoms with van der Waals surface area (Å²) in [6.07, 6.45) is 0.934. The molecule has 0 unspecified atom stereocenters. The average Bonchev–Trinajstić information content (AvgIpc) is 2.52. The molecule has 0 aromatic heterocycles. The molecule has 2 radical (unpaired) electrons. The molecule has 0 saturated carbocycles. The van der Waals surface area contributed by atoms with Crippen LogP contribution in [-0.4, -0.2) is 81.5 Å². The Hall–Kier alpha value is -1.50. The van der Waals surface area contributed by atoms with Crippen molar-refractivity contribution in [1.29, 1.82) is 0 Å². The van der Waals surface area contributed by atoms with Gasteiger partial charge in [-0.3, -0.25) is 10.6 Å². The average molecular weight is 481 g/mol. The number of nitrogens with two attached hydrogens (primary N) is 4. The summed E-state index contributed by atoms with van der Waals surface area (Å²) in [5.74, 6) is -4.90. The van der Waals surface area contributed by atoms with Gasteiger partial charge in [0.05, 0.1) is 35.8 Å². The zero-order chi connectivity index (χ0) is 18.5. The molecule has 0 aliphatic carbocycles. The first kappa shape index (κ1) is 29.3. The quantitative estimate of drug-likeness (QED) is 0.115. The minimum Gasteiger partial charge on any atom is -0.554 e. The largest absolute Gasteiger partial charge is 2.00 e. The maximum atomic E-state index is 10.8. The second-order valence-electron chi connectivity index (χ2n) is 4.84. The molecular formula is C12H26Cu2N4O8+12. The van der Waals surface area contributed by atoms with Crippen LogP contribution in [0.3, 0.4) is 0 Å². The predicted octanol–water partition coefficient (Wildman–Crippen LogP) is -9.42. The van der Waals surface area contributed by atoms with Crippen LogP contribution in [0.5, 0.6) is 0 Å². The second kappa shape index (κ2) is 16.9. The van der Waals surface area contributed by atoms with Gasteiger partial charge in [-0.05, 0) is 0 Å². The Morgan fingerprint density at radius 2 is 0.885 bits per heavy atom. The van der Waals surface area contributed by atoms with E-state index in [1.54, 1.807) is 0 Å². The SMILES string of the molecule is O=C([OH2+])C(=O)[NH2+]CCC[NH2+]C(=[OH+])C(=[OH+])[NH2+]CCC[NH2+]C(=O)C(=O)[OH2+].[Cu+2].[Cu+2]. The molecule has 0 spiro atoms. The number of amides is 4. The Morgan fingerprint density at radius 1 is 0.615 bits per heavy atom. The van der Waals surface area contributed by atoms with Gasteiger partial charge < -0.3 is 10.2 Å². The van der Waals surface area contributed by atoms with Gasteiger partial charge in [0, 0.05) is 12.8 Å². The Kier molecular flexibility index (Phi) is 19.1. The fourth-order valence-corrected chi connectivity index (χ4v) is 1.57. The van der Waals surface area contributed by atoms with Crippen molar-refractivity contribution in [2.45, 2.75) is 12.8 Å². The monoisotopic (exact) mass is 480 g/mol. The topological polar surface area (TPSA) is 223 Å². The van der Waals surface area contributed by atoms with Crippen molar-refractivity contribution in [2.75, 3.05) is 26.2 Å². The summed E-state index contributed by atoms with van der Waals surface area (Å²) in [7, 11) is 0. The smallest absolute Gasteiger partial charge is 0.554 e. The normalized spacial score (nSPS) is 9.38. The zero-order valence-corrected chi connectivity index (χ0v) is 15.6. The van der Waals surface area contributed by atoms with E-state index in [0.717, 1.165) is 10.6 Å². The summed E-state index contributed by atoms with van der Waals surface area (Å²) in [5.41, 5.74) is 0. The summed E-state index contributed by atoms with van der Waals surface area (Å²) in [6.45, 7) is 1.31. The molecule has 0 aliphatic rings. The molecule has 0 aliphatic heterocycles. The predicted molar refractivity (Wildman–Crippen MR) is 77.5 cm³/mol. The molecule has 14 heteroatoms. The van der Waals surface area contributed by atoms with Gasteiger partial charge in [0.1, 0.15) is 0 Å². The standard InChI is InChI=1S/C12H18N4O8.2Cu/c17-7(13-3-1-5-15-9(19)11(21)22)8(18)14-4-2-6-16-10(20)12(23)24;;/h1-6H2,(H,13,17)(H,14,18)(H,15,19)(H,16,20)(H,21,22)(H,23,24);;/q;2*+2/p+8. The first-order valence-corrected chi connectivity index (χ1v) is 7.30. The summed E-state index contributed by atoms with van der Waals surface area (Å²) in [6, 6.07) is 0. The van der Waals surface area contributed by atoms with E-state index in [1.807, 2.05) is 0 Å². The van der Waals surface area contributed by atoms with Crippen LogP contribution in [0, 0.1) is 0 Å². The minimum atomic E-state index is -1.26. The zero-order valence-electron chi connectivity index (χ0n) is 13.7. The van der Waals surface area contributed by atoms with E-state index in [4.69, 9.17) is 10.2 Å². The number of hydrogen-bond donors (Lipinski definition) is 4. The van der Waals surface area contributed by atoms with Crippen LogP contribution in [0.15, 0.2) is 0 Å². The Bertz CT molecular complexity index is 483. The second-order valence-corrected chi connectivity index (χ2v) is 4.84. The van der Waals surface area contributed by atoms with Crippen LogP contribution in [0.1, 0.15) is 12.8 Å². The van der Waals surface area contributed by atoms with Crippen molar-refractivity contribution >= 4 is 35.6 Å². The third kappa shape index (κ3) is 14.8. The van der Waals surface area contributed by atoms with Crippen LogP contribution in [-0.2, 0) is 53.3 Å². The van der Waals surface area contributed by atoms with Crippen LogP contribution in [0.2, 0.25) is 0 Å². The van der Waals surface area contributed by atoms with Crippen molar-refractivity contribution in [1.82, 2.24) is 0 Å². The minimum absolute atomic E-state index is 0. The van der Waals surface area contributed by atoms with Gasteiger partial charge in [0.25, 0.3) is 0 Å². The number of carbonyl (C=O) groups excluding carboxylic acids is 6.